The first-order chi connectivity index (χ1) is 12.1. The van der Waals surface area contributed by atoms with Crippen LogP contribution in [0.4, 0.5) is 5.82 Å². The van der Waals surface area contributed by atoms with E-state index in [2.05, 4.69) is 54.9 Å². The van der Waals surface area contributed by atoms with E-state index >= 15 is 0 Å². The Labute approximate surface area is 158 Å². The Morgan fingerprint density at radius 1 is 1.32 bits per heavy atom. The molecule has 1 saturated heterocycles. The average Bonchev–Trinajstić information content (AvgIpc) is 2.61. The summed E-state index contributed by atoms with van der Waals surface area (Å²) in [5.41, 5.74) is 2.22. The van der Waals surface area contributed by atoms with E-state index in [0.29, 0.717) is 6.04 Å². The predicted octanol–water partition coefficient (Wildman–Crippen LogP) is 3.66. The monoisotopic (exact) mass is 404 g/mol. The molecule has 1 aromatic carbocycles. The lowest BCUT2D eigenvalue weighted by molar-refractivity contribution is 0.196. The number of hydrogen-bond acceptors (Lipinski definition) is 5. The van der Waals surface area contributed by atoms with Gasteiger partial charge in [0.2, 0.25) is 0 Å². The Balaban J connectivity index is 1.70. The number of piperidine rings is 1. The van der Waals surface area contributed by atoms with E-state index in [0.717, 1.165) is 41.4 Å². The van der Waals surface area contributed by atoms with E-state index in [1.54, 1.807) is 13.4 Å². The lowest BCUT2D eigenvalue weighted by atomic mass is 10.0. The first kappa shape index (κ1) is 18.1. The first-order valence-corrected chi connectivity index (χ1v) is 9.42. The molecule has 0 saturated carbocycles. The van der Waals surface area contributed by atoms with Crippen LogP contribution in [-0.2, 0) is 6.54 Å². The third-order valence-electron chi connectivity index (χ3n) is 4.82. The van der Waals surface area contributed by atoms with Crippen molar-refractivity contribution in [2.75, 3.05) is 32.1 Å². The summed E-state index contributed by atoms with van der Waals surface area (Å²) < 4.78 is 6.61. The molecular weight excluding hydrogens is 380 g/mol. The summed E-state index contributed by atoms with van der Waals surface area (Å²) in [7, 11) is 3.87. The molecule has 3 rings (SSSR count). The maximum absolute atomic E-state index is 5.52. The number of ether oxygens (including phenoxy) is 1. The molecule has 1 aliphatic heterocycles. The van der Waals surface area contributed by atoms with Crippen LogP contribution >= 0.6 is 15.9 Å². The Hall–Kier alpha value is -1.66. The van der Waals surface area contributed by atoms with Crippen LogP contribution in [0.5, 0.6) is 5.75 Å². The fourth-order valence-corrected chi connectivity index (χ4v) is 3.83. The normalized spacial score (nSPS) is 18.2. The highest BCUT2D eigenvalue weighted by atomic mass is 79.9. The van der Waals surface area contributed by atoms with E-state index < -0.39 is 0 Å². The number of benzene rings is 1. The van der Waals surface area contributed by atoms with Gasteiger partial charge in [0.25, 0.3) is 0 Å². The van der Waals surface area contributed by atoms with Gasteiger partial charge in [-0.05, 0) is 44.5 Å². The third-order valence-corrected chi connectivity index (χ3v) is 5.31. The summed E-state index contributed by atoms with van der Waals surface area (Å²) in [5, 5.41) is 0. The van der Waals surface area contributed by atoms with Gasteiger partial charge >= 0.3 is 0 Å². The van der Waals surface area contributed by atoms with Gasteiger partial charge < -0.3 is 9.64 Å². The molecule has 1 unspecified atom stereocenters. The second-order valence-corrected chi connectivity index (χ2v) is 7.53. The number of likely N-dealkylation sites (tertiary alicyclic amines) is 1. The molecule has 0 radical (unpaired) electrons. The highest BCUT2D eigenvalue weighted by molar-refractivity contribution is 9.10. The predicted molar refractivity (Wildman–Crippen MR) is 104 cm³/mol. The standard InChI is InChI=1S/C19H25BrN4O/c1-14-9-19(22-13-21-14)23(2)17-5-4-8-24(12-17)11-15-10-16(20)6-7-18(15)25-3/h6-7,9-10,13,17H,4-5,8,11-12H2,1-3H3. The Bertz CT molecular complexity index is 724. The molecule has 0 N–H and O–H groups in total. The van der Waals surface area contributed by atoms with Crippen molar-refractivity contribution in [3.05, 3.63) is 46.3 Å². The van der Waals surface area contributed by atoms with Gasteiger partial charge in [0, 0.05) is 48.0 Å². The van der Waals surface area contributed by atoms with E-state index in [1.165, 1.54) is 18.4 Å². The van der Waals surface area contributed by atoms with Crippen molar-refractivity contribution in [2.24, 2.45) is 0 Å². The lowest BCUT2D eigenvalue weighted by Gasteiger charge is -2.38. The van der Waals surface area contributed by atoms with Crippen molar-refractivity contribution in [1.82, 2.24) is 14.9 Å². The van der Waals surface area contributed by atoms with Crippen LogP contribution in [-0.4, -0.2) is 48.2 Å². The van der Waals surface area contributed by atoms with E-state index in [-0.39, 0.29) is 0 Å². The number of aromatic nitrogens is 2. The Morgan fingerprint density at radius 3 is 2.92 bits per heavy atom. The zero-order valence-electron chi connectivity index (χ0n) is 15.1. The number of methoxy groups -OCH3 is 1. The maximum Gasteiger partial charge on any atom is 0.132 e. The van der Waals surface area contributed by atoms with E-state index in [4.69, 9.17) is 4.74 Å². The topological polar surface area (TPSA) is 41.5 Å². The van der Waals surface area contributed by atoms with E-state index in [1.807, 2.05) is 19.1 Å². The van der Waals surface area contributed by atoms with Gasteiger partial charge in [-0.15, -0.1) is 0 Å². The minimum atomic E-state index is 0.459. The van der Waals surface area contributed by atoms with Crippen LogP contribution in [0.2, 0.25) is 0 Å². The molecular formula is C19H25BrN4O. The lowest BCUT2D eigenvalue weighted by Crippen LogP contribution is -2.46. The quantitative estimate of drug-likeness (QED) is 0.760. The largest absolute Gasteiger partial charge is 0.496 e. The molecule has 1 aromatic heterocycles. The summed E-state index contributed by atoms with van der Waals surface area (Å²) >= 11 is 3.57. The molecule has 0 amide bonds. The summed E-state index contributed by atoms with van der Waals surface area (Å²) in [4.78, 5) is 13.4. The smallest absolute Gasteiger partial charge is 0.132 e. The fourth-order valence-electron chi connectivity index (χ4n) is 3.42. The summed E-state index contributed by atoms with van der Waals surface area (Å²) in [5.74, 6) is 1.95. The summed E-state index contributed by atoms with van der Waals surface area (Å²) in [6.45, 7) is 5.04. The zero-order chi connectivity index (χ0) is 17.8. The molecule has 134 valence electrons. The molecule has 25 heavy (non-hydrogen) atoms. The van der Waals surface area contributed by atoms with E-state index in [9.17, 15) is 0 Å². The number of hydrogen-bond donors (Lipinski definition) is 0. The number of anilines is 1. The van der Waals surface area contributed by atoms with Gasteiger partial charge in [-0.3, -0.25) is 4.90 Å². The summed E-state index contributed by atoms with van der Waals surface area (Å²) in [6, 6.07) is 8.71. The minimum absolute atomic E-state index is 0.459. The summed E-state index contributed by atoms with van der Waals surface area (Å²) in [6.07, 6.45) is 4.02. The van der Waals surface area contributed by atoms with Gasteiger partial charge in [-0.2, -0.15) is 0 Å². The van der Waals surface area contributed by atoms with Crippen molar-refractivity contribution in [1.29, 1.82) is 0 Å². The fraction of sp³-hybridized carbons (Fsp3) is 0.474. The molecule has 2 aromatic rings. The Morgan fingerprint density at radius 2 is 2.16 bits per heavy atom. The second-order valence-electron chi connectivity index (χ2n) is 6.62. The SMILES string of the molecule is COc1ccc(Br)cc1CN1CCCC(N(C)c2cc(C)ncn2)C1. The first-order valence-electron chi connectivity index (χ1n) is 8.63. The zero-order valence-corrected chi connectivity index (χ0v) is 16.7. The number of rotatable bonds is 5. The number of aryl methyl sites for hydroxylation is 1. The van der Waals surface area contributed by atoms with Crippen molar-refractivity contribution >= 4 is 21.7 Å². The second kappa shape index (κ2) is 8.15. The molecule has 1 aliphatic rings. The van der Waals surface area contributed by atoms with Gasteiger partial charge in [0.05, 0.1) is 7.11 Å². The van der Waals surface area contributed by atoms with Crippen LogP contribution in [0.1, 0.15) is 24.1 Å². The van der Waals surface area contributed by atoms with Gasteiger partial charge in [0.15, 0.2) is 0 Å². The Kier molecular flexibility index (Phi) is 5.91. The van der Waals surface area contributed by atoms with Crippen molar-refractivity contribution < 1.29 is 4.74 Å². The number of likely N-dealkylation sites (N-methyl/N-ethyl adjacent to an activating group) is 1. The van der Waals surface area contributed by atoms with Crippen LogP contribution in [0, 0.1) is 6.92 Å². The third kappa shape index (κ3) is 4.50. The average molecular weight is 405 g/mol. The molecule has 0 spiro atoms. The van der Waals surface area contributed by atoms with Crippen LogP contribution < -0.4 is 9.64 Å². The highest BCUT2D eigenvalue weighted by Crippen LogP contribution is 2.27. The highest BCUT2D eigenvalue weighted by Gasteiger charge is 2.25. The molecule has 5 nitrogen and oxygen atoms in total. The molecule has 2 heterocycles. The van der Waals surface area contributed by atoms with Gasteiger partial charge in [0.1, 0.15) is 17.9 Å². The maximum atomic E-state index is 5.52. The number of halogens is 1. The van der Waals surface area contributed by atoms with Crippen LogP contribution in [0.3, 0.4) is 0 Å². The molecule has 6 heteroatoms. The number of nitrogens with zero attached hydrogens (tertiary/aromatic N) is 4. The van der Waals surface area contributed by atoms with Crippen LogP contribution in [0.25, 0.3) is 0 Å². The minimum Gasteiger partial charge on any atom is -0.496 e. The van der Waals surface area contributed by atoms with Crippen molar-refractivity contribution in [3.63, 3.8) is 0 Å². The molecule has 1 atom stereocenters. The van der Waals surface area contributed by atoms with Gasteiger partial charge in [-0.25, -0.2) is 9.97 Å². The molecule has 0 aliphatic carbocycles. The van der Waals surface area contributed by atoms with Crippen LogP contribution in [0.15, 0.2) is 35.1 Å². The van der Waals surface area contributed by atoms with Gasteiger partial charge in [-0.1, -0.05) is 15.9 Å². The molecule has 0 bridgehead atoms. The van der Waals surface area contributed by atoms with Crippen molar-refractivity contribution in [2.45, 2.75) is 32.4 Å². The van der Waals surface area contributed by atoms with Crippen molar-refractivity contribution in [3.8, 4) is 5.75 Å². The molecule has 1 fully saturated rings.